The van der Waals surface area contributed by atoms with Crippen LogP contribution in [0.25, 0.3) is 6.08 Å². The third-order valence-corrected chi connectivity index (χ3v) is 5.55. The van der Waals surface area contributed by atoms with Crippen LogP contribution in [0.2, 0.25) is 0 Å². The predicted molar refractivity (Wildman–Crippen MR) is 126 cm³/mol. The van der Waals surface area contributed by atoms with Crippen molar-refractivity contribution in [2.45, 2.75) is 13.5 Å². The van der Waals surface area contributed by atoms with E-state index < -0.39 is 46.6 Å². The Kier molecular flexibility index (Phi) is 7.15. The number of methoxy groups -OCH3 is 1. The first-order valence-electron chi connectivity index (χ1n) is 10.8. The first-order valence-corrected chi connectivity index (χ1v) is 10.8. The third-order valence-electron chi connectivity index (χ3n) is 5.55. The van der Waals surface area contributed by atoms with Gasteiger partial charge in [0, 0.05) is 0 Å². The van der Waals surface area contributed by atoms with Crippen molar-refractivity contribution < 1.29 is 46.1 Å². The van der Waals surface area contributed by atoms with Crippen LogP contribution < -0.4 is 14.5 Å². The number of carbonyl (C=O) groups is 2. The highest BCUT2D eigenvalue weighted by molar-refractivity contribution is 6.32. The average Bonchev–Trinajstić information content (AvgIpc) is 3.18. The molecule has 1 aliphatic heterocycles. The fraction of sp³-hybridized carbons (Fsp3) is 0.115. The van der Waals surface area contributed by atoms with E-state index in [0.29, 0.717) is 16.9 Å². The second-order valence-electron chi connectivity index (χ2n) is 7.98. The molecule has 0 aromatic heterocycles. The van der Waals surface area contributed by atoms with Crippen molar-refractivity contribution in [2.75, 3.05) is 12.1 Å². The molecule has 0 fully saturated rings. The number of nitrogens with zero attached hydrogens (tertiary/aromatic N) is 2. The number of hydrogen-bond donors (Lipinski definition) is 1. The molecule has 1 aliphatic rings. The van der Waals surface area contributed by atoms with Gasteiger partial charge in [0.1, 0.15) is 12.3 Å². The summed E-state index contributed by atoms with van der Waals surface area (Å²) in [6, 6.07) is 10.6. The van der Waals surface area contributed by atoms with Crippen LogP contribution in [0.4, 0.5) is 27.6 Å². The lowest BCUT2D eigenvalue weighted by Gasteiger charge is -2.15. The number of rotatable bonds is 7. The molecule has 4 rings (SSSR count). The highest BCUT2D eigenvalue weighted by Crippen LogP contribution is 2.35. The van der Waals surface area contributed by atoms with E-state index >= 15 is 0 Å². The van der Waals surface area contributed by atoms with Crippen molar-refractivity contribution in [3.8, 4) is 11.5 Å². The number of carboxylic acids is 1. The maximum Gasteiger partial charge on any atom is 0.335 e. The SMILES string of the molecule is COc1cc(/C=C2/C(=O)N(c3c(F)c(F)c(F)c(F)c3F)N=C2C)ccc1OCc1ccc(C(=O)O)cc1. The molecule has 0 unspecified atom stereocenters. The predicted octanol–water partition coefficient (Wildman–Crippen LogP) is 5.47. The summed E-state index contributed by atoms with van der Waals surface area (Å²) in [6.07, 6.45) is 1.31. The van der Waals surface area contributed by atoms with E-state index in [1.54, 1.807) is 18.2 Å². The quantitative estimate of drug-likeness (QED) is 0.189. The number of hydrazone groups is 1. The molecule has 0 radical (unpaired) electrons. The van der Waals surface area contributed by atoms with Crippen LogP contribution in [0.5, 0.6) is 11.5 Å². The van der Waals surface area contributed by atoms with Gasteiger partial charge in [0.05, 0.1) is 24.0 Å². The Morgan fingerprint density at radius 3 is 2.13 bits per heavy atom. The van der Waals surface area contributed by atoms with Crippen LogP contribution in [0.15, 0.2) is 53.1 Å². The summed E-state index contributed by atoms with van der Waals surface area (Å²) in [7, 11) is 1.37. The Morgan fingerprint density at radius 2 is 1.55 bits per heavy atom. The summed E-state index contributed by atoms with van der Waals surface area (Å²) in [4.78, 5) is 23.8. The van der Waals surface area contributed by atoms with Gasteiger partial charge in [0.15, 0.2) is 34.8 Å². The van der Waals surface area contributed by atoms with Crippen molar-refractivity contribution in [3.05, 3.63) is 93.8 Å². The van der Waals surface area contributed by atoms with Gasteiger partial charge < -0.3 is 14.6 Å². The van der Waals surface area contributed by atoms with Crippen LogP contribution in [0, 0.1) is 29.1 Å². The Hall–Kier alpha value is -4.74. The summed E-state index contributed by atoms with van der Waals surface area (Å²) in [5.41, 5.74) is -0.446. The fourth-order valence-corrected chi connectivity index (χ4v) is 3.58. The van der Waals surface area contributed by atoms with Gasteiger partial charge in [0.2, 0.25) is 5.82 Å². The van der Waals surface area contributed by atoms with Crippen LogP contribution in [-0.4, -0.2) is 29.8 Å². The number of benzene rings is 3. The molecule has 0 aliphatic carbocycles. The summed E-state index contributed by atoms with van der Waals surface area (Å²) in [6.45, 7) is 1.43. The van der Waals surface area contributed by atoms with Gasteiger partial charge in [-0.15, -0.1) is 0 Å². The van der Waals surface area contributed by atoms with Crippen molar-refractivity contribution in [3.63, 3.8) is 0 Å². The van der Waals surface area contributed by atoms with Gasteiger partial charge in [-0.1, -0.05) is 18.2 Å². The zero-order chi connectivity index (χ0) is 27.7. The molecule has 7 nitrogen and oxygen atoms in total. The smallest absolute Gasteiger partial charge is 0.335 e. The number of carboxylic acid groups (broad SMARTS) is 1. The van der Waals surface area contributed by atoms with E-state index in [2.05, 4.69) is 5.10 Å². The molecule has 3 aromatic rings. The van der Waals surface area contributed by atoms with E-state index in [-0.39, 0.29) is 34.2 Å². The summed E-state index contributed by atoms with van der Waals surface area (Å²) >= 11 is 0. The van der Waals surface area contributed by atoms with Gasteiger partial charge >= 0.3 is 5.97 Å². The molecule has 0 spiro atoms. The van der Waals surface area contributed by atoms with Crippen molar-refractivity contribution in [1.29, 1.82) is 0 Å². The monoisotopic (exact) mass is 532 g/mol. The van der Waals surface area contributed by atoms with E-state index in [0.717, 1.165) is 0 Å². The number of aromatic carboxylic acids is 1. The molecule has 12 heteroatoms. The Morgan fingerprint density at radius 1 is 0.947 bits per heavy atom. The summed E-state index contributed by atoms with van der Waals surface area (Å²) in [5.74, 6) is -12.7. The maximum absolute atomic E-state index is 14.2. The normalized spacial score (nSPS) is 14.2. The molecule has 1 N–H and O–H groups in total. The van der Waals surface area contributed by atoms with E-state index in [4.69, 9.17) is 14.6 Å². The van der Waals surface area contributed by atoms with Crippen LogP contribution in [0.1, 0.15) is 28.4 Å². The average molecular weight is 532 g/mol. The third kappa shape index (κ3) is 4.80. The minimum Gasteiger partial charge on any atom is -0.493 e. The molecule has 0 bridgehead atoms. The lowest BCUT2D eigenvalue weighted by molar-refractivity contribution is -0.114. The topological polar surface area (TPSA) is 88.4 Å². The number of carbonyl (C=O) groups excluding carboxylic acids is 1. The summed E-state index contributed by atoms with van der Waals surface area (Å²) in [5, 5.41) is 12.8. The molecule has 3 aromatic carbocycles. The zero-order valence-corrected chi connectivity index (χ0v) is 19.7. The van der Waals surface area contributed by atoms with Crippen molar-refractivity contribution in [1.82, 2.24) is 0 Å². The minimum absolute atomic E-state index is 0.0250. The van der Waals surface area contributed by atoms with Crippen LogP contribution in [-0.2, 0) is 11.4 Å². The van der Waals surface area contributed by atoms with E-state index in [1.165, 1.54) is 44.4 Å². The Balaban J connectivity index is 1.58. The van der Waals surface area contributed by atoms with Crippen molar-refractivity contribution in [2.24, 2.45) is 5.10 Å². The standard InChI is InChI=1S/C26H17F5N2O5/c1-12-16(25(34)33(32-12)24-22(30)20(28)19(27)21(29)23(24)31)9-14-5-8-17(18(10-14)37-2)38-11-13-3-6-15(7-4-13)26(35)36/h3-10H,11H2,1-2H3,(H,35,36)/b16-9+. The second-order valence-corrected chi connectivity index (χ2v) is 7.98. The first kappa shape index (κ1) is 26.3. The van der Waals surface area contributed by atoms with Crippen LogP contribution in [0.3, 0.4) is 0 Å². The molecule has 1 amide bonds. The summed E-state index contributed by atoms with van der Waals surface area (Å²) < 4.78 is 80.3. The van der Waals surface area contributed by atoms with Gasteiger partial charge in [-0.25, -0.2) is 26.7 Å². The molecular formula is C26H17F5N2O5. The first-order chi connectivity index (χ1) is 18.0. The molecule has 0 atom stereocenters. The van der Waals surface area contributed by atoms with E-state index in [1.807, 2.05) is 0 Å². The van der Waals surface area contributed by atoms with Gasteiger partial charge in [-0.05, 0) is 48.4 Å². The zero-order valence-electron chi connectivity index (χ0n) is 19.7. The molecule has 0 saturated carbocycles. The number of hydrogen-bond acceptors (Lipinski definition) is 5. The number of halogens is 5. The highest BCUT2D eigenvalue weighted by Gasteiger charge is 2.37. The molecule has 38 heavy (non-hydrogen) atoms. The van der Waals surface area contributed by atoms with E-state index in [9.17, 15) is 31.5 Å². The van der Waals surface area contributed by atoms with Gasteiger partial charge in [0.25, 0.3) is 5.91 Å². The lowest BCUT2D eigenvalue weighted by atomic mass is 10.1. The number of ether oxygens (including phenoxy) is 2. The molecule has 1 heterocycles. The minimum atomic E-state index is -2.35. The van der Waals surface area contributed by atoms with Gasteiger partial charge in [-0.2, -0.15) is 10.1 Å². The van der Waals surface area contributed by atoms with Crippen molar-refractivity contribution >= 4 is 29.4 Å². The van der Waals surface area contributed by atoms with Crippen LogP contribution >= 0.6 is 0 Å². The molecule has 196 valence electrons. The van der Waals surface area contributed by atoms with Gasteiger partial charge in [-0.3, -0.25) is 4.79 Å². The number of anilines is 1. The molecule has 0 saturated heterocycles. The largest absolute Gasteiger partial charge is 0.493 e. The maximum atomic E-state index is 14.2. The highest BCUT2D eigenvalue weighted by atomic mass is 19.2. The number of amides is 1. The Labute approximate surface area is 212 Å². The fourth-order valence-electron chi connectivity index (χ4n) is 3.58. The molecular weight excluding hydrogens is 515 g/mol. The lowest BCUT2D eigenvalue weighted by Crippen LogP contribution is -2.25. The Bertz CT molecular complexity index is 1490. The second kappa shape index (κ2) is 10.3.